The van der Waals surface area contributed by atoms with Crippen LogP contribution in [0.15, 0.2) is 23.5 Å². The van der Waals surface area contributed by atoms with E-state index in [2.05, 4.69) is 19.9 Å². The van der Waals surface area contributed by atoms with E-state index in [0.29, 0.717) is 16.9 Å². The first kappa shape index (κ1) is 13.5. The van der Waals surface area contributed by atoms with Crippen LogP contribution in [0.5, 0.6) is 0 Å². The Kier molecular flexibility index (Phi) is 3.54. The Balaban J connectivity index is 2.41. The Morgan fingerprint density at radius 1 is 1.42 bits per heavy atom. The summed E-state index contributed by atoms with van der Waals surface area (Å²) in [5.41, 5.74) is 7.88. The number of nitrogens with one attached hydrogen (secondary N) is 2. The number of nitrogens with zero attached hydrogens (tertiary/aromatic N) is 2. The summed E-state index contributed by atoms with van der Waals surface area (Å²) in [6.07, 6.45) is 3.05. The van der Waals surface area contributed by atoms with Crippen molar-refractivity contribution in [2.24, 2.45) is 5.73 Å². The third kappa shape index (κ3) is 2.59. The van der Waals surface area contributed by atoms with Crippen LogP contribution in [0.1, 0.15) is 16.8 Å². The molecule has 0 radical (unpaired) electrons. The molecule has 0 amide bonds. The lowest BCUT2D eigenvalue weighted by atomic mass is 10.3. The highest BCUT2D eigenvalue weighted by Gasteiger charge is 2.23. The molecule has 8 heteroatoms. The van der Waals surface area contributed by atoms with Gasteiger partial charge in [0.25, 0.3) is 10.0 Å². The van der Waals surface area contributed by atoms with Gasteiger partial charge in [0.15, 0.2) is 0 Å². The van der Waals surface area contributed by atoms with E-state index in [0.717, 1.165) is 5.56 Å². The minimum absolute atomic E-state index is 0.0734. The highest BCUT2D eigenvalue weighted by atomic mass is 32.2. The zero-order valence-electron chi connectivity index (χ0n) is 10.6. The topological polar surface area (TPSA) is 114 Å². The largest absolute Gasteiger partial charge is 0.326 e. The molecule has 0 saturated carbocycles. The van der Waals surface area contributed by atoms with E-state index in [-0.39, 0.29) is 11.6 Å². The van der Waals surface area contributed by atoms with Gasteiger partial charge in [-0.05, 0) is 25.5 Å². The lowest BCUT2D eigenvalue weighted by Gasteiger charge is -2.09. The fourth-order valence-corrected chi connectivity index (χ4v) is 2.98. The highest BCUT2D eigenvalue weighted by Crippen LogP contribution is 2.20. The van der Waals surface area contributed by atoms with Crippen LogP contribution in [0.2, 0.25) is 0 Å². The molecule has 0 fully saturated rings. The zero-order valence-corrected chi connectivity index (χ0v) is 11.5. The molecule has 0 saturated heterocycles. The molecular weight excluding hydrogens is 266 g/mol. The Labute approximate surface area is 111 Å². The van der Waals surface area contributed by atoms with E-state index in [4.69, 9.17) is 5.73 Å². The predicted molar refractivity (Wildman–Crippen MR) is 71.0 cm³/mol. The summed E-state index contributed by atoms with van der Waals surface area (Å²) in [6.45, 7) is 3.62. The number of H-pyrrole nitrogens is 1. The average molecular weight is 281 g/mol. The molecule has 0 unspecified atom stereocenters. The summed E-state index contributed by atoms with van der Waals surface area (Å²) < 4.78 is 27.0. The zero-order chi connectivity index (χ0) is 14.0. The van der Waals surface area contributed by atoms with Crippen molar-refractivity contribution >= 4 is 15.7 Å². The average Bonchev–Trinajstić information content (AvgIpc) is 2.74. The summed E-state index contributed by atoms with van der Waals surface area (Å²) in [6, 6.07) is 1.72. The molecule has 0 aliphatic carbocycles. The molecule has 0 bridgehead atoms. The summed E-state index contributed by atoms with van der Waals surface area (Å²) in [5.74, 6) is 0. The summed E-state index contributed by atoms with van der Waals surface area (Å²) in [5, 5.41) is 6.36. The van der Waals surface area contributed by atoms with Crippen molar-refractivity contribution in [3.63, 3.8) is 0 Å². The number of aromatic amines is 1. The minimum Gasteiger partial charge on any atom is -0.326 e. The van der Waals surface area contributed by atoms with Gasteiger partial charge < -0.3 is 5.73 Å². The van der Waals surface area contributed by atoms with Gasteiger partial charge in [-0.25, -0.2) is 0 Å². The minimum atomic E-state index is -3.77. The maximum atomic E-state index is 12.3. The maximum absolute atomic E-state index is 12.3. The molecule has 2 aromatic heterocycles. The van der Waals surface area contributed by atoms with Crippen molar-refractivity contribution in [1.29, 1.82) is 0 Å². The van der Waals surface area contributed by atoms with Gasteiger partial charge in [-0.2, -0.15) is 13.5 Å². The second-order valence-corrected chi connectivity index (χ2v) is 5.73. The fraction of sp³-hybridized carbons (Fsp3) is 0.273. The van der Waals surface area contributed by atoms with Gasteiger partial charge in [0.1, 0.15) is 0 Å². The molecule has 0 aliphatic heterocycles. The summed E-state index contributed by atoms with van der Waals surface area (Å²) in [4.78, 5) is 3.89. The van der Waals surface area contributed by atoms with E-state index in [1.807, 2.05) is 0 Å². The number of nitrogens with two attached hydrogens (primary N) is 1. The number of anilines is 1. The molecule has 102 valence electrons. The van der Waals surface area contributed by atoms with E-state index in [9.17, 15) is 8.42 Å². The third-order valence-electron chi connectivity index (χ3n) is 2.78. The van der Waals surface area contributed by atoms with Crippen molar-refractivity contribution < 1.29 is 8.42 Å². The number of rotatable bonds is 4. The van der Waals surface area contributed by atoms with Crippen LogP contribution in [0.4, 0.5) is 5.69 Å². The number of hydrogen-bond acceptors (Lipinski definition) is 5. The maximum Gasteiger partial charge on any atom is 0.281 e. The number of aromatic nitrogens is 3. The first-order chi connectivity index (χ1) is 8.95. The molecule has 0 spiro atoms. The Morgan fingerprint density at radius 3 is 2.79 bits per heavy atom. The van der Waals surface area contributed by atoms with Crippen LogP contribution in [0.25, 0.3) is 0 Å². The number of aryl methyl sites for hydroxylation is 2. The molecule has 2 rings (SSSR count). The van der Waals surface area contributed by atoms with E-state index >= 15 is 0 Å². The SMILES string of the molecule is Cc1ccncc1NS(=O)(=O)c1n[nH]c(C)c1CN. The number of pyridine rings is 1. The van der Waals surface area contributed by atoms with Crippen molar-refractivity contribution in [2.75, 3.05) is 4.72 Å². The first-order valence-corrected chi connectivity index (χ1v) is 7.11. The molecule has 2 heterocycles. The van der Waals surface area contributed by atoms with Crippen LogP contribution in [-0.2, 0) is 16.6 Å². The second kappa shape index (κ2) is 4.98. The standard InChI is InChI=1S/C11H15N5O2S/c1-7-3-4-13-6-10(7)16-19(17,18)11-9(5-12)8(2)14-15-11/h3-4,6,16H,5,12H2,1-2H3,(H,14,15). The second-order valence-electron chi connectivity index (χ2n) is 4.13. The molecule has 2 aromatic rings. The molecule has 0 aliphatic rings. The Hall–Kier alpha value is -1.93. The Morgan fingerprint density at radius 2 is 2.16 bits per heavy atom. The Bertz CT molecular complexity index is 693. The lowest BCUT2D eigenvalue weighted by molar-refractivity contribution is 0.595. The predicted octanol–water partition coefficient (Wildman–Crippen LogP) is 0.681. The van der Waals surface area contributed by atoms with Gasteiger partial charge in [-0.3, -0.25) is 14.8 Å². The summed E-state index contributed by atoms with van der Waals surface area (Å²) in [7, 11) is -3.77. The number of sulfonamides is 1. The molecule has 0 aromatic carbocycles. The van der Waals surface area contributed by atoms with E-state index in [1.54, 1.807) is 26.1 Å². The van der Waals surface area contributed by atoms with Crippen LogP contribution in [-0.4, -0.2) is 23.6 Å². The van der Waals surface area contributed by atoms with Gasteiger partial charge >= 0.3 is 0 Å². The number of hydrogen-bond donors (Lipinski definition) is 3. The van der Waals surface area contributed by atoms with E-state index < -0.39 is 10.0 Å². The van der Waals surface area contributed by atoms with Crippen LogP contribution < -0.4 is 10.5 Å². The van der Waals surface area contributed by atoms with Crippen LogP contribution in [0.3, 0.4) is 0 Å². The van der Waals surface area contributed by atoms with Crippen molar-refractivity contribution in [1.82, 2.24) is 15.2 Å². The van der Waals surface area contributed by atoms with Gasteiger partial charge in [0.05, 0.1) is 11.9 Å². The molecule has 4 N–H and O–H groups in total. The molecule has 0 atom stereocenters. The smallest absolute Gasteiger partial charge is 0.281 e. The quantitative estimate of drug-likeness (QED) is 0.762. The van der Waals surface area contributed by atoms with Crippen LogP contribution in [0, 0.1) is 13.8 Å². The van der Waals surface area contributed by atoms with Gasteiger partial charge in [0.2, 0.25) is 5.03 Å². The van der Waals surface area contributed by atoms with Gasteiger partial charge in [0, 0.05) is 24.0 Å². The lowest BCUT2D eigenvalue weighted by Crippen LogP contribution is -2.17. The van der Waals surface area contributed by atoms with Crippen molar-refractivity contribution in [3.8, 4) is 0 Å². The third-order valence-corrected chi connectivity index (χ3v) is 4.11. The highest BCUT2D eigenvalue weighted by molar-refractivity contribution is 7.92. The molecule has 19 heavy (non-hydrogen) atoms. The molecular formula is C11H15N5O2S. The van der Waals surface area contributed by atoms with Crippen LogP contribution >= 0.6 is 0 Å². The van der Waals surface area contributed by atoms with Crippen molar-refractivity contribution in [2.45, 2.75) is 25.4 Å². The van der Waals surface area contributed by atoms with Crippen molar-refractivity contribution in [3.05, 3.63) is 35.3 Å². The van der Waals surface area contributed by atoms with Gasteiger partial charge in [-0.1, -0.05) is 0 Å². The summed E-state index contributed by atoms with van der Waals surface area (Å²) >= 11 is 0. The first-order valence-electron chi connectivity index (χ1n) is 5.63. The van der Waals surface area contributed by atoms with Gasteiger partial charge in [-0.15, -0.1) is 0 Å². The molecule has 7 nitrogen and oxygen atoms in total. The fourth-order valence-electron chi connectivity index (χ4n) is 1.66. The normalized spacial score (nSPS) is 11.5. The monoisotopic (exact) mass is 281 g/mol. The van der Waals surface area contributed by atoms with E-state index in [1.165, 1.54) is 6.20 Å².